The number of aryl methyl sites for hydroxylation is 1. The molecule has 1 saturated carbocycles. The number of hydrogen-bond acceptors (Lipinski definition) is 4. The van der Waals surface area contributed by atoms with Gasteiger partial charge in [-0.1, -0.05) is 6.92 Å². The van der Waals surface area contributed by atoms with Gasteiger partial charge in [0.15, 0.2) is 11.5 Å². The second kappa shape index (κ2) is 4.83. The van der Waals surface area contributed by atoms with E-state index in [2.05, 4.69) is 18.0 Å². The molecule has 0 aromatic heterocycles. The molecule has 0 aliphatic heterocycles. The van der Waals surface area contributed by atoms with Crippen molar-refractivity contribution >= 4 is 6.08 Å². The van der Waals surface area contributed by atoms with Crippen molar-refractivity contribution in [1.82, 2.24) is 0 Å². The van der Waals surface area contributed by atoms with Crippen LogP contribution in [0.3, 0.4) is 0 Å². The molecule has 18 heavy (non-hydrogen) atoms. The second-order valence-corrected chi connectivity index (χ2v) is 4.47. The van der Waals surface area contributed by atoms with Crippen molar-refractivity contribution < 1.29 is 14.3 Å². The number of ether oxygens (including phenoxy) is 2. The molecule has 0 N–H and O–H groups in total. The number of carbonyl (C=O) groups excluding carboxylic acids is 1. The maximum Gasteiger partial charge on any atom is 0.235 e. The van der Waals surface area contributed by atoms with Crippen LogP contribution in [0.15, 0.2) is 17.1 Å². The van der Waals surface area contributed by atoms with Gasteiger partial charge >= 0.3 is 0 Å². The lowest BCUT2D eigenvalue weighted by Gasteiger charge is -2.18. The van der Waals surface area contributed by atoms with Gasteiger partial charge < -0.3 is 9.47 Å². The third kappa shape index (κ3) is 2.00. The molecule has 0 radical (unpaired) electrons. The molecule has 0 unspecified atom stereocenters. The van der Waals surface area contributed by atoms with E-state index in [9.17, 15) is 4.79 Å². The molecule has 0 saturated heterocycles. The maximum atomic E-state index is 10.6. The Hall–Kier alpha value is -1.80. The van der Waals surface area contributed by atoms with E-state index in [1.807, 2.05) is 6.07 Å². The van der Waals surface area contributed by atoms with Crippen LogP contribution in [0.4, 0.5) is 0 Å². The molecule has 1 aromatic carbocycles. The molecule has 0 bridgehead atoms. The fraction of sp³-hybridized carbons (Fsp3) is 0.500. The van der Waals surface area contributed by atoms with Gasteiger partial charge in [-0.05, 0) is 37.0 Å². The first-order chi connectivity index (χ1) is 8.70. The summed E-state index contributed by atoms with van der Waals surface area (Å²) in [4.78, 5) is 14.5. The highest BCUT2D eigenvalue weighted by Gasteiger charge is 2.47. The SMILES string of the molecule is CCc1cc(OC)c(OC)c(C2(N=C=O)CC2)c1. The molecule has 4 heteroatoms. The fourth-order valence-electron chi connectivity index (χ4n) is 2.22. The Kier molecular flexibility index (Phi) is 3.39. The molecular formula is C14H17NO3. The third-order valence-electron chi connectivity index (χ3n) is 3.43. The number of isocyanates is 1. The maximum absolute atomic E-state index is 10.6. The first kappa shape index (κ1) is 12.7. The third-order valence-corrected chi connectivity index (χ3v) is 3.43. The molecule has 0 spiro atoms. The van der Waals surface area contributed by atoms with Crippen LogP contribution in [0, 0.1) is 0 Å². The van der Waals surface area contributed by atoms with Gasteiger partial charge in [-0.15, -0.1) is 0 Å². The number of aliphatic imine (C=N–C) groups is 1. The standard InChI is InChI=1S/C14H17NO3/c1-4-10-7-11(14(5-6-14)15-9-16)13(18-3)12(8-10)17-2/h7-8H,4-6H2,1-3H3. The minimum atomic E-state index is -0.439. The predicted octanol–water partition coefficient (Wildman–Crippen LogP) is 2.59. The van der Waals surface area contributed by atoms with Gasteiger partial charge in [-0.25, -0.2) is 4.79 Å². The van der Waals surface area contributed by atoms with E-state index < -0.39 is 5.54 Å². The van der Waals surface area contributed by atoms with Gasteiger partial charge in [-0.3, -0.25) is 0 Å². The molecule has 0 amide bonds. The molecule has 0 heterocycles. The van der Waals surface area contributed by atoms with Crippen LogP contribution < -0.4 is 9.47 Å². The molecule has 0 atom stereocenters. The normalized spacial score (nSPS) is 15.7. The van der Waals surface area contributed by atoms with Crippen molar-refractivity contribution in [2.24, 2.45) is 4.99 Å². The van der Waals surface area contributed by atoms with Crippen LogP contribution in [-0.4, -0.2) is 20.3 Å². The first-order valence-electron chi connectivity index (χ1n) is 6.05. The second-order valence-electron chi connectivity index (χ2n) is 4.47. The van der Waals surface area contributed by atoms with E-state index in [1.165, 1.54) is 0 Å². The van der Waals surface area contributed by atoms with Crippen LogP contribution in [0.25, 0.3) is 0 Å². The Morgan fingerprint density at radius 1 is 1.33 bits per heavy atom. The molecule has 2 rings (SSSR count). The highest BCUT2D eigenvalue weighted by molar-refractivity contribution is 5.55. The monoisotopic (exact) mass is 247 g/mol. The quantitative estimate of drug-likeness (QED) is 0.593. The van der Waals surface area contributed by atoms with Crippen molar-refractivity contribution in [3.63, 3.8) is 0 Å². The average Bonchev–Trinajstić information content (AvgIpc) is 3.18. The summed E-state index contributed by atoms with van der Waals surface area (Å²) in [6.07, 6.45) is 4.28. The van der Waals surface area contributed by atoms with Crippen LogP contribution in [-0.2, 0) is 16.8 Å². The number of hydrogen-bond donors (Lipinski definition) is 0. The van der Waals surface area contributed by atoms with E-state index >= 15 is 0 Å². The van der Waals surface area contributed by atoms with Crippen LogP contribution in [0.1, 0.15) is 30.9 Å². The van der Waals surface area contributed by atoms with Crippen molar-refractivity contribution in [3.8, 4) is 11.5 Å². The molecule has 96 valence electrons. The van der Waals surface area contributed by atoms with Crippen LogP contribution >= 0.6 is 0 Å². The topological polar surface area (TPSA) is 47.9 Å². The molecular weight excluding hydrogens is 230 g/mol. The zero-order chi connectivity index (χ0) is 13.2. The largest absolute Gasteiger partial charge is 0.493 e. The Morgan fingerprint density at radius 3 is 2.50 bits per heavy atom. The van der Waals surface area contributed by atoms with Gasteiger partial charge in [0, 0.05) is 5.56 Å². The van der Waals surface area contributed by atoms with Crippen molar-refractivity contribution in [2.75, 3.05) is 14.2 Å². The minimum absolute atomic E-state index is 0.439. The summed E-state index contributed by atoms with van der Waals surface area (Å²) < 4.78 is 10.8. The van der Waals surface area contributed by atoms with Gasteiger partial charge in [0.1, 0.15) is 5.54 Å². The number of benzene rings is 1. The van der Waals surface area contributed by atoms with Gasteiger partial charge in [0.2, 0.25) is 6.08 Å². The Labute approximate surface area is 107 Å². The average molecular weight is 247 g/mol. The Bertz CT molecular complexity index is 500. The number of rotatable bonds is 5. The summed E-state index contributed by atoms with van der Waals surface area (Å²) >= 11 is 0. The lowest BCUT2D eigenvalue weighted by Crippen LogP contribution is -2.07. The highest BCUT2D eigenvalue weighted by atomic mass is 16.5. The summed E-state index contributed by atoms with van der Waals surface area (Å²) in [6, 6.07) is 4.01. The molecule has 1 aliphatic carbocycles. The molecule has 1 aromatic rings. The first-order valence-corrected chi connectivity index (χ1v) is 6.05. The Morgan fingerprint density at radius 2 is 2.06 bits per heavy atom. The molecule has 4 nitrogen and oxygen atoms in total. The smallest absolute Gasteiger partial charge is 0.235 e. The van der Waals surface area contributed by atoms with Gasteiger partial charge in [-0.2, -0.15) is 4.99 Å². The molecule has 1 fully saturated rings. The van der Waals surface area contributed by atoms with E-state index in [0.717, 1.165) is 30.4 Å². The summed E-state index contributed by atoms with van der Waals surface area (Å²) in [5.41, 5.74) is 1.64. The lowest BCUT2D eigenvalue weighted by molar-refractivity contribution is 0.348. The van der Waals surface area contributed by atoms with E-state index in [-0.39, 0.29) is 0 Å². The number of methoxy groups -OCH3 is 2. The fourth-order valence-corrected chi connectivity index (χ4v) is 2.22. The lowest BCUT2D eigenvalue weighted by atomic mass is 9.99. The summed E-state index contributed by atoms with van der Waals surface area (Å²) in [5.74, 6) is 1.37. The predicted molar refractivity (Wildman–Crippen MR) is 68.0 cm³/mol. The van der Waals surface area contributed by atoms with Crippen molar-refractivity contribution in [2.45, 2.75) is 31.7 Å². The summed E-state index contributed by atoms with van der Waals surface area (Å²) in [7, 11) is 3.22. The van der Waals surface area contributed by atoms with Gasteiger partial charge in [0.25, 0.3) is 0 Å². The van der Waals surface area contributed by atoms with Crippen molar-refractivity contribution in [3.05, 3.63) is 23.3 Å². The Balaban J connectivity index is 2.60. The van der Waals surface area contributed by atoms with Crippen LogP contribution in [0.5, 0.6) is 11.5 Å². The van der Waals surface area contributed by atoms with E-state index in [4.69, 9.17) is 9.47 Å². The zero-order valence-electron chi connectivity index (χ0n) is 10.9. The minimum Gasteiger partial charge on any atom is -0.493 e. The van der Waals surface area contributed by atoms with Crippen molar-refractivity contribution in [1.29, 1.82) is 0 Å². The van der Waals surface area contributed by atoms with E-state index in [0.29, 0.717) is 11.5 Å². The van der Waals surface area contributed by atoms with Crippen LogP contribution in [0.2, 0.25) is 0 Å². The summed E-state index contributed by atoms with van der Waals surface area (Å²) in [5, 5.41) is 0. The number of nitrogens with zero attached hydrogens (tertiary/aromatic N) is 1. The molecule has 1 aliphatic rings. The highest BCUT2D eigenvalue weighted by Crippen LogP contribution is 2.54. The zero-order valence-corrected chi connectivity index (χ0v) is 10.9. The summed E-state index contributed by atoms with van der Waals surface area (Å²) in [6.45, 7) is 2.08. The van der Waals surface area contributed by atoms with Gasteiger partial charge in [0.05, 0.1) is 14.2 Å². The van der Waals surface area contributed by atoms with E-state index in [1.54, 1.807) is 20.3 Å².